The maximum Gasteiger partial charge on any atom is 0.270 e. The Morgan fingerprint density at radius 1 is 1.55 bits per heavy atom. The van der Waals surface area contributed by atoms with Crippen molar-refractivity contribution >= 4 is 15.7 Å². The Kier molecular flexibility index (Phi) is 3.67. The first-order valence-corrected chi connectivity index (χ1v) is 7.54. The van der Waals surface area contributed by atoms with Crippen LogP contribution < -0.4 is 15.2 Å². The van der Waals surface area contributed by atoms with Crippen LogP contribution in [0.4, 0.5) is 5.69 Å². The van der Waals surface area contributed by atoms with Crippen LogP contribution in [0, 0.1) is 10.1 Å². The fraction of sp³-hybridized carbons (Fsp3) is 0.455. The lowest BCUT2D eigenvalue weighted by molar-refractivity contribution is -0.385. The first-order chi connectivity index (χ1) is 9.27. The summed E-state index contributed by atoms with van der Waals surface area (Å²) in [6.45, 7) is 0.264. The van der Waals surface area contributed by atoms with Gasteiger partial charge in [-0.05, 0) is 13.1 Å². The standard InChI is InChI=1S/C11H15N3O5S/c1-13-20(17,18)7-11(12)4-5-19-10-3-2-8(14(15)16)6-9(10)11/h2-3,6,13H,4-5,7,12H2,1H3/t11-/m0/s1. The number of nitrogens with two attached hydrogens (primary N) is 1. The van der Waals surface area contributed by atoms with Gasteiger partial charge in [0.2, 0.25) is 10.0 Å². The second-order valence-electron chi connectivity index (χ2n) is 4.66. The second kappa shape index (κ2) is 5.00. The molecule has 0 amide bonds. The molecule has 9 heteroatoms. The lowest BCUT2D eigenvalue weighted by atomic mass is 9.87. The van der Waals surface area contributed by atoms with Crippen molar-refractivity contribution in [3.63, 3.8) is 0 Å². The predicted octanol–water partition coefficient (Wildman–Crippen LogP) is 0.0805. The summed E-state index contributed by atoms with van der Waals surface area (Å²) in [6.07, 6.45) is 0.266. The van der Waals surface area contributed by atoms with Crippen molar-refractivity contribution in [3.05, 3.63) is 33.9 Å². The van der Waals surface area contributed by atoms with Crippen LogP contribution in [0.25, 0.3) is 0 Å². The molecule has 0 spiro atoms. The third-order valence-electron chi connectivity index (χ3n) is 3.27. The van der Waals surface area contributed by atoms with Crippen molar-refractivity contribution in [2.24, 2.45) is 5.73 Å². The second-order valence-corrected chi connectivity index (χ2v) is 6.58. The highest BCUT2D eigenvalue weighted by Gasteiger charge is 2.39. The van der Waals surface area contributed by atoms with Gasteiger partial charge in [0.05, 0.1) is 22.8 Å². The van der Waals surface area contributed by atoms with E-state index in [0.717, 1.165) is 0 Å². The van der Waals surface area contributed by atoms with Gasteiger partial charge < -0.3 is 10.5 Å². The number of non-ortho nitro benzene ring substituents is 1. The average Bonchev–Trinajstić information content (AvgIpc) is 2.38. The predicted molar refractivity (Wildman–Crippen MR) is 71.9 cm³/mol. The van der Waals surface area contributed by atoms with Crippen LogP contribution in [0.5, 0.6) is 5.75 Å². The number of fused-ring (bicyclic) bond motifs is 1. The van der Waals surface area contributed by atoms with E-state index in [-0.39, 0.29) is 24.5 Å². The number of rotatable bonds is 4. The molecule has 0 radical (unpaired) electrons. The lowest BCUT2D eigenvalue weighted by Gasteiger charge is -2.34. The van der Waals surface area contributed by atoms with E-state index < -0.39 is 20.5 Å². The minimum atomic E-state index is -3.55. The van der Waals surface area contributed by atoms with Gasteiger partial charge in [-0.2, -0.15) is 0 Å². The zero-order valence-electron chi connectivity index (χ0n) is 10.8. The molecule has 0 saturated carbocycles. The molecule has 1 heterocycles. The highest BCUT2D eigenvalue weighted by Crippen LogP contribution is 2.38. The number of hydrogen-bond acceptors (Lipinski definition) is 6. The number of hydrogen-bond donors (Lipinski definition) is 2. The summed E-state index contributed by atoms with van der Waals surface area (Å²) in [4.78, 5) is 10.3. The number of sulfonamides is 1. The van der Waals surface area contributed by atoms with Gasteiger partial charge in [0.1, 0.15) is 5.75 Å². The SMILES string of the molecule is CNS(=O)(=O)C[C@@]1(N)CCOc2ccc([N+](=O)[O-])cc21. The summed E-state index contributed by atoms with van der Waals surface area (Å²) >= 11 is 0. The highest BCUT2D eigenvalue weighted by atomic mass is 32.2. The lowest BCUT2D eigenvalue weighted by Crippen LogP contribution is -2.48. The third-order valence-corrected chi connectivity index (χ3v) is 4.79. The molecule has 0 aliphatic carbocycles. The van der Waals surface area contributed by atoms with Gasteiger partial charge in [0, 0.05) is 24.1 Å². The number of nitro benzene ring substituents is 1. The summed E-state index contributed by atoms with van der Waals surface area (Å²) in [5.74, 6) is 0.0317. The quantitative estimate of drug-likeness (QED) is 0.599. The van der Waals surface area contributed by atoms with Crippen molar-refractivity contribution < 1.29 is 18.1 Å². The molecular formula is C11H15N3O5S. The largest absolute Gasteiger partial charge is 0.493 e. The number of benzene rings is 1. The number of nitrogens with one attached hydrogen (secondary N) is 1. The molecule has 1 atom stereocenters. The van der Waals surface area contributed by atoms with E-state index in [1.54, 1.807) is 0 Å². The van der Waals surface area contributed by atoms with E-state index in [1.165, 1.54) is 25.2 Å². The molecule has 3 N–H and O–H groups in total. The Labute approximate surface area is 116 Å². The van der Waals surface area contributed by atoms with Crippen molar-refractivity contribution in [2.45, 2.75) is 12.0 Å². The van der Waals surface area contributed by atoms with Crippen LogP contribution >= 0.6 is 0 Å². The third kappa shape index (κ3) is 2.74. The summed E-state index contributed by atoms with van der Waals surface area (Å²) < 4.78 is 31.1. The molecule has 0 aromatic heterocycles. The molecular weight excluding hydrogens is 286 g/mol. The summed E-state index contributed by atoms with van der Waals surface area (Å²) in [6, 6.07) is 4.02. The monoisotopic (exact) mass is 301 g/mol. The zero-order valence-corrected chi connectivity index (χ0v) is 11.6. The molecule has 0 fully saturated rings. The maximum atomic E-state index is 11.7. The Morgan fingerprint density at radius 3 is 2.85 bits per heavy atom. The van der Waals surface area contributed by atoms with Crippen LogP contribution in [0.15, 0.2) is 18.2 Å². The smallest absolute Gasteiger partial charge is 0.270 e. The molecule has 1 aliphatic heterocycles. The molecule has 1 aliphatic rings. The normalized spacial score (nSPS) is 21.9. The van der Waals surface area contributed by atoms with Crippen LogP contribution in [-0.4, -0.2) is 32.7 Å². The van der Waals surface area contributed by atoms with Gasteiger partial charge in [-0.15, -0.1) is 0 Å². The van der Waals surface area contributed by atoms with E-state index >= 15 is 0 Å². The van der Waals surface area contributed by atoms with E-state index in [0.29, 0.717) is 11.3 Å². The van der Waals surface area contributed by atoms with Crippen molar-refractivity contribution in [2.75, 3.05) is 19.4 Å². The van der Waals surface area contributed by atoms with Gasteiger partial charge in [-0.25, -0.2) is 13.1 Å². The fourth-order valence-electron chi connectivity index (χ4n) is 2.19. The molecule has 110 valence electrons. The molecule has 0 unspecified atom stereocenters. The van der Waals surface area contributed by atoms with E-state index in [1.807, 2.05) is 0 Å². The Morgan fingerprint density at radius 2 is 2.25 bits per heavy atom. The van der Waals surface area contributed by atoms with Crippen molar-refractivity contribution in [1.82, 2.24) is 4.72 Å². The van der Waals surface area contributed by atoms with Crippen LogP contribution in [0.1, 0.15) is 12.0 Å². The van der Waals surface area contributed by atoms with Crippen LogP contribution in [0.2, 0.25) is 0 Å². The summed E-state index contributed by atoms with van der Waals surface area (Å²) in [5.41, 5.74) is 5.17. The molecule has 20 heavy (non-hydrogen) atoms. The minimum Gasteiger partial charge on any atom is -0.493 e. The molecule has 1 aromatic carbocycles. The van der Waals surface area contributed by atoms with E-state index in [9.17, 15) is 18.5 Å². The minimum absolute atomic E-state index is 0.147. The highest BCUT2D eigenvalue weighted by molar-refractivity contribution is 7.89. The average molecular weight is 301 g/mol. The van der Waals surface area contributed by atoms with Gasteiger partial charge in [-0.3, -0.25) is 10.1 Å². The first kappa shape index (κ1) is 14.7. The van der Waals surface area contributed by atoms with Gasteiger partial charge in [0.25, 0.3) is 5.69 Å². The van der Waals surface area contributed by atoms with Gasteiger partial charge in [0.15, 0.2) is 0 Å². The molecule has 8 nitrogen and oxygen atoms in total. The van der Waals surface area contributed by atoms with Gasteiger partial charge >= 0.3 is 0 Å². The Hall–Kier alpha value is -1.71. The van der Waals surface area contributed by atoms with Crippen LogP contribution in [0.3, 0.4) is 0 Å². The Bertz CT molecular complexity index is 645. The van der Waals surface area contributed by atoms with Crippen molar-refractivity contribution in [3.8, 4) is 5.75 Å². The fourth-order valence-corrected chi connectivity index (χ4v) is 3.31. The number of ether oxygens (including phenoxy) is 1. The maximum absolute atomic E-state index is 11.7. The van der Waals surface area contributed by atoms with Gasteiger partial charge in [-0.1, -0.05) is 0 Å². The topological polar surface area (TPSA) is 125 Å². The molecule has 1 aromatic rings. The number of nitrogens with zero attached hydrogens (tertiary/aromatic N) is 1. The molecule has 2 rings (SSSR count). The van der Waals surface area contributed by atoms with E-state index in [4.69, 9.17) is 10.5 Å². The molecule has 0 bridgehead atoms. The zero-order chi connectivity index (χ0) is 15.0. The van der Waals surface area contributed by atoms with E-state index in [2.05, 4.69) is 4.72 Å². The Balaban J connectivity index is 2.50. The van der Waals surface area contributed by atoms with Crippen molar-refractivity contribution in [1.29, 1.82) is 0 Å². The summed E-state index contributed by atoms with van der Waals surface area (Å²) in [7, 11) is -2.26. The van der Waals surface area contributed by atoms with Crippen LogP contribution in [-0.2, 0) is 15.6 Å². The first-order valence-electron chi connectivity index (χ1n) is 5.89. The number of nitro groups is 1. The summed E-state index contributed by atoms with van der Waals surface area (Å²) in [5, 5.41) is 10.8. The molecule has 0 saturated heterocycles.